The van der Waals surface area contributed by atoms with Gasteiger partial charge in [0.1, 0.15) is 11.5 Å². The van der Waals surface area contributed by atoms with Crippen molar-refractivity contribution in [2.45, 2.75) is 32.5 Å². The minimum atomic E-state index is -0.575. The fraction of sp³-hybridized carbons (Fsp3) is 0.231. The third-order valence-electron chi connectivity index (χ3n) is 5.58. The van der Waals surface area contributed by atoms with Gasteiger partial charge in [-0.25, -0.2) is 0 Å². The van der Waals surface area contributed by atoms with E-state index in [1.54, 1.807) is 48.4 Å². The summed E-state index contributed by atoms with van der Waals surface area (Å²) >= 11 is 6.34. The Morgan fingerprint density at radius 3 is 2.61 bits per heavy atom. The van der Waals surface area contributed by atoms with Crippen LogP contribution in [0.25, 0.3) is 0 Å². The molecule has 6 nitrogen and oxygen atoms in total. The summed E-state index contributed by atoms with van der Waals surface area (Å²) in [5.41, 5.74) is 2.83. The van der Waals surface area contributed by atoms with Gasteiger partial charge in [0.25, 0.3) is 11.8 Å². The van der Waals surface area contributed by atoms with Gasteiger partial charge in [0.05, 0.1) is 7.11 Å². The van der Waals surface area contributed by atoms with Gasteiger partial charge < -0.3 is 19.7 Å². The molecule has 170 valence electrons. The van der Waals surface area contributed by atoms with Gasteiger partial charge in [-0.3, -0.25) is 9.59 Å². The highest BCUT2D eigenvalue weighted by Gasteiger charge is 2.30. The maximum atomic E-state index is 13.1. The average molecular weight is 465 g/mol. The lowest BCUT2D eigenvalue weighted by Crippen LogP contribution is -2.38. The number of carbonyl (C=O) groups is 2. The van der Waals surface area contributed by atoms with Crippen LogP contribution in [0.1, 0.15) is 34.8 Å². The fourth-order valence-corrected chi connectivity index (χ4v) is 3.95. The molecular formula is C26H25ClN2O4. The smallest absolute Gasteiger partial charge is 0.264 e. The number of carbonyl (C=O) groups excluding carboxylic acids is 2. The third kappa shape index (κ3) is 5.12. The predicted octanol–water partition coefficient (Wildman–Crippen LogP) is 5.30. The molecule has 0 bridgehead atoms. The van der Waals surface area contributed by atoms with Crippen LogP contribution in [-0.2, 0) is 17.9 Å². The van der Waals surface area contributed by atoms with Crippen LogP contribution in [0.2, 0.25) is 5.02 Å². The van der Waals surface area contributed by atoms with Gasteiger partial charge in [-0.2, -0.15) is 0 Å². The van der Waals surface area contributed by atoms with E-state index in [9.17, 15) is 9.59 Å². The number of anilines is 1. The molecule has 1 heterocycles. The highest BCUT2D eigenvalue weighted by atomic mass is 35.5. The lowest BCUT2D eigenvalue weighted by molar-refractivity contribution is -0.139. The Kier molecular flexibility index (Phi) is 6.84. The van der Waals surface area contributed by atoms with Crippen molar-refractivity contribution >= 4 is 29.1 Å². The van der Waals surface area contributed by atoms with E-state index in [4.69, 9.17) is 21.1 Å². The third-order valence-corrected chi connectivity index (χ3v) is 5.95. The first kappa shape index (κ1) is 22.7. The number of ether oxygens (including phenoxy) is 2. The molecule has 0 saturated carbocycles. The van der Waals surface area contributed by atoms with Crippen LogP contribution >= 0.6 is 11.6 Å². The molecule has 0 aromatic heterocycles. The number of amides is 2. The number of methoxy groups -OCH3 is 1. The molecule has 1 atom stereocenters. The lowest BCUT2D eigenvalue weighted by Gasteiger charge is -2.23. The zero-order chi connectivity index (χ0) is 23.4. The topological polar surface area (TPSA) is 67.9 Å². The van der Waals surface area contributed by atoms with Gasteiger partial charge in [-0.15, -0.1) is 0 Å². The summed E-state index contributed by atoms with van der Waals surface area (Å²) < 4.78 is 11.2. The minimum absolute atomic E-state index is 0.0857. The second kappa shape index (κ2) is 9.96. The fourth-order valence-electron chi connectivity index (χ4n) is 3.76. The summed E-state index contributed by atoms with van der Waals surface area (Å²) in [5.74, 6) is 1.00. The number of hydrogen-bond donors (Lipinski definition) is 1. The normalized spacial score (nSPS) is 15.3. The van der Waals surface area contributed by atoms with Crippen molar-refractivity contribution in [3.05, 3.63) is 88.4 Å². The summed E-state index contributed by atoms with van der Waals surface area (Å²) in [7, 11) is 1.58. The van der Waals surface area contributed by atoms with Crippen LogP contribution in [0.5, 0.6) is 11.5 Å². The number of halogens is 1. The van der Waals surface area contributed by atoms with Crippen LogP contribution in [0, 0.1) is 0 Å². The second-order valence-corrected chi connectivity index (χ2v) is 8.21. The first-order valence-electron chi connectivity index (χ1n) is 10.8. The number of nitrogens with one attached hydrogen (secondary N) is 1. The molecule has 33 heavy (non-hydrogen) atoms. The summed E-state index contributed by atoms with van der Waals surface area (Å²) in [6.07, 6.45) is -0.0266. The Morgan fingerprint density at radius 2 is 1.91 bits per heavy atom. The Morgan fingerprint density at radius 1 is 1.15 bits per heavy atom. The first-order valence-corrected chi connectivity index (χ1v) is 11.1. The molecule has 0 radical (unpaired) electrons. The molecule has 0 aliphatic carbocycles. The lowest BCUT2D eigenvalue weighted by atomic mass is 10.1. The van der Waals surface area contributed by atoms with Crippen molar-refractivity contribution in [2.24, 2.45) is 0 Å². The van der Waals surface area contributed by atoms with Crippen molar-refractivity contribution in [3.63, 3.8) is 0 Å². The van der Waals surface area contributed by atoms with E-state index in [1.807, 2.05) is 37.3 Å². The second-order valence-electron chi connectivity index (χ2n) is 7.81. The molecule has 0 saturated heterocycles. The summed E-state index contributed by atoms with van der Waals surface area (Å²) in [6, 6.07) is 19.8. The minimum Gasteiger partial charge on any atom is -0.497 e. The van der Waals surface area contributed by atoms with Gasteiger partial charge in [0, 0.05) is 34.9 Å². The van der Waals surface area contributed by atoms with E-state index in [0.29, 0.717) is 47.3 Å². The van der Waals surface area contributed by atoms with Gasteiger partial charge in [0.15, 0.2) is 6.10 Å². The number of fused-ring (bicyclic) bond motifs is 1. The molecule has 7 heteroatoms. The van der Waals surface area contributed by atoms with Crippen molar-refractivity contribution in [1.29, 1.82) is 0 Å². The highest BCUT2D eigenvalue weighted by molar-refractivity contribution is 6.31. The van der Waals surface area contributed by atoms with Crippen LogP contribution in [0.15, 0.2) is 66.7 Å². The maximum absolute atomic E-state index is 13.1. The Labute approximate surface area is 198 Å². The number of rotatable bonds is 6. The Hall–Kier alpha value is -3.51. The van der Waals surface area contributed by atoms with Crippen molar-refractivity contribution in [3.8, 4) is 11.5 Å². The molecule has 3 aromatic rings. The summed E-state index contributed by atoms with van der Waals surface area (Å²) in [6.45, 7) is 2.65. The maximum Gasteiger partial charge on any atom is 0.264 e. The standard InChI is InChI=1S/C26H25ClN2O4/c1-3-23-26(31)29(15-18-6-4-5-7-22(18)27)16-19-14-20(10-13-24(19)33-23)28-25(30)17-8-11-21(32-2)12-9-17/h4-14,23H,3,15-16H2,1-2H3,(H,28,30)/t23-/m1/s1. The van der Waals surface area contributed by atoms with E-state index < -0.39 is 6.10 Å². The monoisotopic (exact) mass is 464 g/mol. The number of benzene rings is 3. The summed E-state index contributed by atoms with van der Waals surface area (Å²) in [4.78, 5) is 27.6. The van der Waals surface area contributed by atoms with Gasteiger partial charge in [0.2, 0.25) is 0 Å². The summed E-state index contributed by atoms with van der Waals surface area (Å²) in [5, 5.41) is 3.53. The SMILES string of the molecule is CC[C@H]1Oc2ccc(NC(=O)c3ccc(OC)cc3)cc2CN(Cc2ccccc2Cl)C1=O. The molecule has 4 rings (SSSR count). The van der Waals surface area contributed by atoms with Crippen molar-refractivity contribution in [2.75, 3.05) is 12.4 Å². The highest BCUT2D eigenvalue weighted by Crippen LogP contribution is 2.31. The predicted molar refractivity (Wildman–Crippen MR) is 128 cm³/mol. The largest absolute Gasteiger partial charge is 0.497 e. The molecule has 3 aromatic carbocycles. The Bertz CT molecular complexity index is 1160. The molecule has 0 unspecified atom stereocenters. The average Bonchev–Trinajstić information content (AvgIpc) is 2.96. The van der Waals surface area contributed by atoms with Gasteiger partial charge in [-0.05, 0) is 60.5 Å². The molecular weight excluding hydrogens is 440 g/mol. The Balaban J connectivity index is 1.58. The van der Waals surface area contributed by atoms with Gasteiger partial charge >= 0.3 is 0 Å². The molecule has 0 fully saturated rings. The molecule has 1 N–H and O–H groups in total. The number of hydrogen-bond acceptors (Lipinski definition) is 4. The van der Waals surface area contributed by atoms with Crippen LogP contribution in [0.3, 0.4) is 0 Å². The van der Waals surface area contributed by atoms with E-state index in [2.05, 4.69) is 5.32 Å². The van der Waals surface area contributed by atoms with E-state index in [-0.39, 0.29) is 11.8 Å². The van der Waals surface area contributed by atoms with Crippen molar-refractivity contribution in [1.82, 2.24) is 4.90 Å². The van der Waals surface area contributed by atoms with E-state index in [0.717, 1.165) is 11.1 Å². The van der Waals surface area contributed by atoms with Crippen LogP contribution < -0.4 is 14.8 Å². The van der Waals surface area contributed by atoms with Crippen LogP contribution in [0.4, 0.5) is 5.69 Å². The zero-order valence-corrected chi connectivity index (χ0v) is 19.3. The first-order chi connectivity index (χ1) is 16.0. The zero-order valence-electron chi connectivity index (χ0n) is 18.5. The van der Waals surface area contributed by atoms with Crippen molar-refractivity contribution < 1.29 is 19.1 Å². The quantitative estimate of drug-likeness (QED) is 0.537. The van der Waals surface area contributed by atoms with E-state index >= 15 is 0 Å². The molecule has 0 spiro atoms. The molecule has 1 aliphatic heterocycles. The van der Waals surface area contributed by atoms with Gasteiger partial charge in [-0.1, -0.05) is 36.7 Å². The molecule has 2 amide bonds. The van der Waals surface area contributed by atoms with E-state index in [1.165, 1.54) is 0 Å². The number of nitrogens with zero attached hydrogens (tertiary/aromatic N) is 1. The van der Waals surface area contributed by atoms with Crippen LogP contribution in [-0.4, -0.2) is 29.9 Å². The molecule has 1 aliphatic rings.